The van der Waals surface area contributed by atoms with Gasteiger partial charge in [-0.25, -0.2) is 0 Å². The molecule has 1 aliphatic rings. The molecule has 21 heavy (non-hydrogen) atoms. The van der Waals surface area contributed by atoms with Crippen molar-refractivity contribution in [2.75, 3.05) is 13.1 Å². The maximum atomic E-state index is 11.7. The standard InChI is InChI=1S/C17H16ClNO2/c18-15-8-4-7-14(9-15)17(16(20)21)11-19(12-17)10-13-5-2-1-3-6-13/h1-9H,10-12H2,(H,20,21). The molecule has 1 saturated heterocycles. The van der Waals surface area contributed by atoms with Crippen LogP contribution in [0.2, 0.25) is 5.02 Å². The Balaban J connectivity index is 1.77. The lowest BCUT2D eigenvalue weighted by atomic mass is 9.73. The molecular formula is C17H16ClNO2. The van der Waals surface area contributed by atoms with Crippen LogP contribution in [0.25, 0.3) is 0 Å². The van der Waals surface area contributed by atoms with E-state index < -0.39 is 11.4 Å². The van der Waals surface area contributed by atoms with Gasteiger partial charge in [-0.3, -0.25) is 9.69 Å². The number of rotatable bonds is 4. The van der Waals surface area contributed by atoms with E-state index in [0.717, 1.165) is 12.1 Å². The van der Waals surface area contributed by atoms with Gasteiger partial charge >= 0.3 is 5.97 Å². The first-order valence-electron chi connectivity index (χ1n) is 6.86. The molecule has 0 aromatic heterocycles. The monoisotopic (exact) mass is 301 g/mol. The number of carboxylic acid groups (broad SMARTS) is 1. The van der Waals surface area contributed by atoms with E-state index in [2.05, 4.69) is 17.0 Å². The molecule has 0 aliphatic carbocycles. The second kappa shape index (κ2) is 5.51. The zero-order valence-electron chi connectivity index (χ0n) is 11.5. The summed E-state index contributed by atoms with van der Waals surface area (Å²) in [6.07, 6.45) is 0. The highest BCUT2D eigenvalue weighted by Gasteiger charge is 2.50. The summed E-state index contributed by atoms with van der Waals surface area (Å²) in [7, 11) is 0. The minimum Gasteiger partial charge on any atom is -0.481 e. The van der Waals surface area contributed by atoms with Crippen LogP contribution >= 0.6 is 11.6 Å². The maximum absolute atomic E-state index is 11.7. The molecule has 0 unspecified atom stereocenters. The molecule has 0 atom stereocenters. The van der Waals surface area contributed by atoms with Gasteiger partial charge in [0.2, 0.25) is 0 Å². The van der Waals surface area contributed by atoms with Gasteiger partial charge in [-0.15, -0.1) is 0 Å². The van der Waals surface area contributed by atoms with Crippen LogP contribution in [0.3, 0.4) is 0 Å². The van der Waals surface area contributed by atoms with Crippen molar-refractivity contribution in [1.29, 1.82) is 0 Å². The molecule has 4 heteroatoms. The Morgan fingerprint density at radius 3 is 2.48 bits per heavy atom. The van der Waals surface area contributed by atoms with Crippen LogP contribution in [0.15, 0.2) is 54.6 Å². The van der Waals surface area contributed by atoms with Crippen molar-refractivity contribution in [3.05, 3.63) is 70.7 Å². The number of halogens is 1. The minimum atomic E-state index is -0.834. The Morgan fingerprint density at radius 2 is 1.86 bits per heavy atom. The van der Waals surface area contributed by atoms with Gasteiger partial charge in [-0.05, 0) is 23.3 Å². The average Bonchev–Trinajstić information content (AvgIpc) is 2.43. The lowest BCUT2D eigenvalue weighted by Gasteiger charge is -2.47. The normalized spacial score (nSPS) is 17.2. The average molecular weight is 302 g/mol. The highest BCUT2D eigenvalue weighted by atomic mass is 35.5. The summed E-state index contributed by atoms with van der Waals surface area (Å²) in [5, 5.41) is 10.2. The predicted molar refractivity (Wildman–Crippen MR) is 82.5 cm³/mol. The first-order chi connectivity index (χ1) is 10.1. The molecule has 1 heterocycles. The number of carbonyl (C=O) groups is 1. The Bertz CT molecular complexity index is 651. The Hall–Kier alpha value is -1.84. The van der Waals surface area contributed by atoms with Crippen LogP contribution in [0.1, 0.15) is 11.1 Å². The molecule has 1 fully saturated rings. The third-order valence-corrected chi connectivity index (χ3v) is 4.26. The fourth-order valence-corrected chi connectivity index (χ4v) is 3.09. The van der Waals surface area contributed by atoms with Crippen LogP contribution < -0.4 is 0 Å². The smallest absolute Gasteiger partial charge is 0.316 e. The number of hydrogen-bond acceptors (Lipinski definition) is 2. The van der Waals surface area contributed by atoms with Gasteiger partial charge in [0.25, 0.3) is 0 Å². The third-order valence-electron chi connectivity index (χ3n) is 4.02. The first kappa shape index (κ1) is 14.1. The quantitative estimate of drug-likeness (QED) is 0.943. The molecule has 2 aromatic rings. The van der Waals surface area contributed by atoms with Crippen molar-refractivity contribution < 1.29 is 9.90 Å². The summed E-state index contributed by atoms with van der Waals surface area (Å²) < 4.78 is 0. The van der Waals surface area contributed by atoms with Crippen LogP contribution in [-0.2, 0) is 16.8 Å². The summed E-state index contributed by atoms with van der Waals surface area (Å²) in [4.78, 5) is 13.9. The van der Waals surface area contributed by atoms with E-state index in [1.165, 1.54) is 5.56 Å². The number of carboxylic acids is 1. The van der Waals surface area contributed by atoms with E-state index in [0.29, 0.717) is 18.1 Å². The maximum Gasteiger partial charge on any atom is 0.316 e. The van der Waals surface area contributed by atoms with Crippen LogP contribution in [0, 0.1) is 0 Å². The fraction of sp³-hybridized carbons (Fsp3) is 0.235. The number of hydrogen-bond donors (Lipinski definition) is 1. The van der Waals surface area contributed by atoms with Gasteiger partial charge in [0, 0.05) is 24.7 Å². The summed E-state index contributed by atoms with van der Waals surface area (Å²) in [5.41, 5.74) is 1.15. The zero-order valence-corrected chi connectivity index (χ0v) is 12.3. The highest BCUT2D eigenvalue weighted by Crippen LogP contribution is 2.36. The summed E-state index contributed by atoms with van der Waals surface area (Å²) >= 11 is 6.00. The van der Waals surface area contributed by atoms with E-state index in [9.17, 15) is 9.90 Å². The summed E-state index contributed by atoms with van der Waals surface area (Å²) in [6, 6.07) is 17.3. The number of nitrogens with zero attached hydrogens (tertiary/aromatic N) is 1. The van der Waals surface area contributed by atoms with Gasteiger partial charge in [0.15, 0.2) is 0 Å². The van der Waals surface area contributed by atoms with Gasteiger partial charge in [-0.1, -0.05) is 54.1 Å². The molecule has 1 N–H and O–H groups in total. The van der Waals surface area contributed by atoms with E-state index in [1.54, 1.807) is 12.1 Å². The second-order valence-electron chi connectivity index (χ2n) is 5.53. The van der Waals surface area contributed by atoms with E-state index in [-0.39, 0.29) is 0 Å². The van der Waals surface area contributed by atoms with Crippen molar-refractivity contribution >= 4 is 17.6 Å². The fourth-order valence-electron chi connectivity index (χ4n) is 2.90. The molecule has 0 saturated carbocycles. The lowest BCUT2D eigenvalue weighted by molar-refractivity contribution is -0.151. The first-order valence-corrected chi connectivity index (χ1v) is 7.24. The van der Waals surface area contributed by atoms with Crippen molar-refractivity contribution in [1.82, 2.24) is 4.90 Å². The molecular weight excluding hydrogens is 286 g/mol. The largest absolute Gasteiger partial charge is 0.481 e. The van der Waals surface area contributed by atoms with Crippen molar-refractivity contribution in [2.24, 2.45) is 0 Å². The minimum absolute atomic E-state index is 0.511. The highest BCUT2D eigenvalue weighted by molar-refractivity contribution is 6.30. The Labute approximate surface area is 128 Å². The molecule has 0 amide bonds. The lowest BCUT2D eigenvalue weighted by Crippen LogP contribution is -2.63. The number of aliphatic carboxylic acids is 1. The molecule has 3 rings (SSSR count). The molecule has 0 radical (unpaired) electrons. The van der Waals surface area contributed by atoms with E-state index in [1.807, 2.05) is 30.3 Å². The van der Waals surface area contributed by atoms with Gasteiger partial charge in [0.05, 0.1) is 0 Å². The predicted octanol–water partition coefficient (Wildman–Crippen LogP) is 3.18. The molecule has 0 spiro atoms. The van der Waals surface area contributed by atoms with Crippen LogP contribution in [-0.4, -0.2) is 29.1 Å². The number of benzene rings is 2. The van der Waals surface area contributed by atoms with Crippen molar-refractivity contribution in [3.63, 3.8) is 0 Å². The van der Waals surface area contributed by atoms with E-state index in [4.69, 9.17) is 11.6 Å². The third kappa shape index (κ3) is 2.67. The van der Waals surface area contributed by atoms with Crippen molar-refractivity contribution in [2.45, 2.75) is 12.0 Å². The van der Waals surface area contributed by atoms with Gasteiger partial charge < -0.3 is 5.11 Å². The van der Waals surface area contributed by atoms with E-state index >= 15 is 0 Å². The SMILES string of the molecule is O=C(O)C1(c2cccc(Cl)c2)CN(Cc2ccccc2)C1. The van der Waals surface area contributed by atoms with Gasteiger partial charge in [0.1, 0.15) is 5.41 Å². The summed E-state index contributed by atoms with van der Waals surface area (Å²) in [5.74, 6) is -0.783. The topological polar surface area (TPSA) is 40.5 Å². The van der Waals surface area contributed by atoms with Crippen molar-refractivity contribution in [3.8, 4) is 0 Å². The zero-order chi connectivity index (χ0) is 14.9. The molecule has 2 aromatic carbocycles. The Morgan fingerprint density at radius 1 is 1.14 bits per heavy atom. The molecule has 1 aliphatic heterocycles. The van der Waals surface area contributed by atoms with Gasteiger partial charge in [-0.2, -0.15) is 0 Å². The second-order valence-corrected chi connectivity index (χ2v) is 5.96. The molecule has 3 nitrogen and oxygen atoms in total. The Kier molecular flexibility index (Phi) is 3.70. The molecule has 0 bridgehead atoms. The number of likely N-dealkylation sites (tertiary alicyclic amines) is 1. The molecule has 108 valence electrons. The summed E-state index contributed by atoms with van der Waals surface area (Å²) in [6.45, 7) is 1.80. The van der Waals surface area contributed by atoms with Crippen LogP contribution in [0.5, 0.6) is 0 Å². The van der Waals surface area contributed by atoms with Crippen LogP contribution in [0.4, 0.5) is 0 Å².